The third-order valence-electron chi connectivity index (χ3n) is 3.23. The Kier molecular flexibility index (Phi) is 3.28. The molecular formula is C17H12O4. The molecule has 0 fully saturated rings. The summed E-state index contributed by atoms with van der Waals surface area (Å²) in [6.45, 7) is 3.64. The molecule has 0 radical (unpaired) electrons. The normalized spacial score (nSPS) is 12.5. The van der Waals surface area contributed by atoms with Crippen molar-refractivity contribution < 1.29 is 19.1 Å². The summed E-state index contributed by atoms with van der Waals surface area (Å²) in [5, 5.41) is 0. The van der Waals surface area contributed by atoms with Crippen LogP contribution in [0.2, 0.25) is 0 Å². The van der Waals surface area contributed by atoms with Crippen molar-refractivity contribution in [2.24, 2.45) is 0 Å². The molecule has 1 aliphatic heterocycles. The van der Waals surface area contributed by atoms with Crippen molar-refractivity contribution in [2.75, 3.05) is 0 Å². The second-order valence-corrected chi connectivity index (χ2v) is 4.56. The fourth-order valence-electron chi connectivity index (χ4n) is 2.19. The Balaban J connectivity index is 2.04. The van der Waals surface area contributed by atoms with Crippen LogP contribution in [-0.2, 0) is 11.4 Å². The maximum absolute atomic E-state index is 12.6. The second kappa shape index (κ2) is 5.25. The van der Waals surface area contributed by atoms with Crippen molar-refractivity contribution in [3.8, 4) is 11.5 Å². The van der Waals surface area contributed by atoms with Crippen molar-refractivity contribution in [3.63, 3.8) is 0 Å². The smallest absolute Gasteiger partial charge is 0.335 e. The second-order valence-electron chi connectivity index (χ2n) is 4.56. The molecule has 0 amide bonds. The minimum absolute atomic E-state index is 0.144. The first kappa shape index (κ1) is 13.1. The molecule has 0 unspecified atom stereocenters. The maximum Gasteiger partial charge on any atom is 0.335 e. The number of hydrogen-bond acceptors (Lipinski definition) is 4. The van der Waals surface area contributed by atoms with Crippen molar-refractivity contribution in [3.05, 3.63) is 71.8 Å². The van der Waals surface area contributed by atoms with E-state index in [9.17, 15) is 9.59 Å². The van der Waals surface area contributed by atoms with Crippen LogP contribution in [0.3, 0.4) is 0 Å². The van der Waals surface area contributed by atoms with Crippen LogP contribution in [0.1, 0.15) is 21.5 Å². The molecule has 1 heterocycles. The van der Waals surface area contributed by atoms with E-state index in [4.69, 9.17) is 9.47 Å². The zero-order chi connectivity index (χ0) is 14.8. The van der Waals surface area contributed by atoms with Crippen LogP contribution in [0.5, 0.6) is 11.5 Å². The van der Waals surface area contributed by atoms with E-state index in [0.29, 0.717) is 29.2 Å². The molecule has 104 valence electrons. The number of carbonyl (C=O) groups excluding carboxylic acids is 2. The molecule has 2 aromatic rings. The predicted octanol–water partition coefficient (Wildman–Crippen LogP) is 2.90. The van der Waals surface area contributed by atoms with Gasteiger partial charge in [-0.3, -0.25) is 4.79 Å². The van der Waals surface area contributed by atoms with E-state index in [1.54, 1.807) is 36.4 Å². The molecule has 21 heavy (non-hydrogen) atoms. The molecule has 0 saturated carbocycles. The standard InChI is InChI=1S/C17H12O4/c1-2-16(18)21-12-8-7-11-10-20-15-6-4-3-5-13(15)17(19)14(11)9-12/h2-9H,1,10H2. The number of para-hydroxylation sites is 1. The number of ether oxygens (including phenoxy) is 2. The van der Waals surface area contributed by atoms with Gasteiger partial charge in [-0.2, -0.15) is 0 Å². The SMILES string of the molecule is C=CC(=O)Oc1ccc2c(c1)C(=O)c1ccccc1OC2. The third kappa shape index (κ3) is 2.43. The molecule has 0 N–H and O–H groups in total. The number of esters is 1. The fourth-order valence-corrected chi connectivity index (χ4v) is 2.19. The van der Waals surface area contributed by atoms with Gasteiger partial charge in [0.05, 0.1) is 5.56 Å². The van der Waals surface area contributed by atoms with Crippen LogP contribution in [0.15, 0.2) is 55.1 Å². The number of benzene rings is 2. The highest BCUT2D eigenvalue weighted by molar-refractivity contribution is 6.12. The van der Waals surface area contributed by atoms with E-state index in [0.717, 1.165) is 11.6 Å². The lowest BCUT2D eigenvalue weighted by Crippen LogP contribution is -2.07. The van der Waals surface area contributed by atoms with Crippen LogP contribution < -0.4 is 9.47 Å². The van der Waals surface area contributed by atoms with Gasteiger partial charge in [0.25, 0.3) is 0 Å². The van der Waals surface area contributed by atoms with Crippen LogP contribution in [0.25, 0.3) is 0 Å². The summed E-state index contributed by atoms with van der Waals surface area (Å²) in [7, 11) is 0. The molecule has 4 heteroatoms. The summed E-state index contributed by atoms with van der Waals surface area (Å²) < 4.78 is 10.7. The number of hydrogen-bond donors (Lipinski definition) is 0. The Morgan fingerprint density at radius 3 is 2.81 bits per heavy atom. The summed E-state index contributed by atoms with van der Waals surface area (Å²) in [6.07, 6.45) is 1.08. The van der Waals surface area contributed by atoms with Gasteiger partial charge in [-0.25, -0.2) is 4.79 Å². The predicted molar refractivity (Wildman–Crippen MR) is 76.5 cm³/mol. The number of fused-ring (bicyclic) bond motifs is 2. The average Bonchev–Trinajstić information content (AvgIpc) is 2.65. The molecule has 1 aliphatic rings. The molecule has 2 aromatic carbocycles. The van der Waals surface area contributed by atoms with Crippen molar-refractivity contribution in [2.45, 2.75) is 6.61 Å². The maximum atomic E-state index is 12.6. The van der Waals surface area contributed by atoms with Crippen LogP contribution in [0, 0.1) is 0 Å². The highest BCUT2D eigenvalue weighted by Gasteiger charge is 2.22. The Morgan fingerprint density at radius 1 is 1.19 bits per heavy atom. The third-order valence-corrected chi connectivity index (χ3v) is 3.23. The Hall–Kier alpha value is -2.88. The molecule has 0 spiro atoms. The van der Waals surface area contributed by atoms with Crippen LogP contribution in [0.4, 0.5) is 0 Å². The summed E-state index contributed by atoms with van der Waals surface area (Å²) in [5.74, 6) is 0.164. The van der Waals surface area contributed by atoms with Gasteiger partial charge in [-0.15, -0.1) is 0 Å². The van der Waals surface area contributed by atoms with Gasteiger partial charge in [0, 0.05) is 17.2 Å². The van der Waals surface area contributed by atoms with Gasteiger partial charge in [-0.1, -0.05) is 24.8 Å². The molecule has 0 saturated heterocycles. The zero-order valence-corrected chi connectivity index (χ0v) is 11.2. The molecule has 0 aliphatic carbocycles. The molecule has 4 nitrogen and oxygen atoms in total. The van der Waals surface area contributed by atoms with Gasteiger partial charge in [0.2, 0.25) is 0 Å². The monoisotopic (exact) mass is 280 g/mol. The van der Waals surface area contributed by atoms with E-state index < -0.39 is 5.97 Å². The van der Waals surface area contributed by atoms with E-state index in [1.807, 2.05) is 6.07 Å². The molecular weight excluding hydrogens is 268 g/mol. The minimum atomic E-state index is -0.562. The lowest BCUT2D eigenvalue weighted by atomic mass is 9.99. The van der Waals surface area contributed by atoms with Crippen LogP contribution in [-0.4, -0.2) is 11.8 Å². The number of carbonyl (C=O) groups is 2. The average molecular weight is 280 g/mol. The summed E-state index contributed by atoms with van der Waals surface area (Å²) in [4.78, 5) is 23.8. The molecule has 0 atom stereocenters. The summed E-state index contributed by atoms with van der Waals surface area (Å²) in [6, 6.07) is 12.0. The first-order valence-corrected chi connectivity index (χ1v) is 6.43. The Morgan fingerprint density at radius 2 is 2.00 bits per heavy atom. The summed E-state index contributed by atoms with van der Waals surface area (Å²) >= 11 is 0. The number of rotatable bonds is 2. The molecule has 0 aromatic heterocycles. The van der Waals surface area contributed by atoms with Gasteiger partial charge in [-0.05, 0) is 24.3 Å². The highest BCUT2D eigenvalue weighted by Crippen LogP contribution is 2.30. The molecule has 0 bridgehead atoms. The van der Waals surface area contributed by atoms with Gasteiger partial charge in [0.15, 0.2) is 5.78 Å². The van der Waals surface area contributed by atoms with E-state index in [-0.39, 0.29) is 5.78 Å². The first-order valence-electron chi connectivity index (χ1n) is 6.43. The van der Waals surface area contributed by atoms with E-state index in [1.165, 1.54) is 0 Å². The zero-order valence-electron chi connectivity index (χ0n) is 11.2. The van der Waals surface area contributed by atoms with E-state index in [2.05, 4.69) is 6.58 Å². The van der Waals surface area contributed by atoms with E-state index >= 15 is 0 Å². The minimum Gasteiger partial charge on any atom is -0.488 e. The largest absolute Gasteiger partial charge is 0.488 e. The van der Waals surface area contributed by atoms with Crippen molar-refractivity contribution in [1.29, 1.82) is 0 Å². The molecule has 3 rings (SSSR count). The van der Waals surface area contributed by atoms with Crippen LogP contribution >= 0.6 is 0 Å². The quantitative estimate of drug-likeness (QED) is 0.482. The first-order chi connectivity index (χ1) is 10.2. The fraction of sp³-hybridized carbons (Fsp3) is 0.0588. The van der Waals surface area contributed by atoms with Crippen molar-refractivity contribution >= 4 is 11.8 Å². The summed E-state index contributed by atoms with van der Waals surface area (Å²) in [5.41, 5.74) is 1.74. The lowest BCUT2D eigenvalue weighted by Gasteiger charge is -2.07. The lowest BCUT2D eigenvalue weighted by molar-refractivity contribution is -0.128. The van der Waals surface area contributed by atoms with Crippen molar-refractivity contribution in [1.82, 2.24) is 0 Å². The van der Waals surface area contributed by atoms with Gasteiger partial charge in [0.1, 0.15) is 18.1 Å². The Bertz CT molecular complexity index is 746. The topological polar surface area (TPSA) is 52.6 Å². The Labute approximate surface area is 121 Å². The van der Waals surface area contributed by atoms with Gasteiger partial charge < -0.3 is 9.47 Å². The number of ketones is 1. The highest BCUT2D eigenvalue weighted by atomic mass is 16.5. The van der Waals surface area contributed by atoms with Gasteiger partial charge >= 0.3 is 5.97 Å².